The van der Waals surface area contributed by atoms with Crippen LogP contribution in [0.15, 0.2) is 61.4 Å². The Hall–Kier alpha value is -2.42. The normalized spacial score (nSPS) is 9.65. The lowest BCUT2D eigenvalue weighted by atomic mass is 10.3. The molecule has 17 heavy (non-hydrogen) atoms. The predicted molar refractivity (Wildman–Crippen MR) is 65.4 cm³/mol. The number of benzene rings is 2. The fourth-order valence-corrected chi connectivity index (χ4v) is 1.33. The van der Waals surface area contributed by atoms with Crippen molar-refractivity contribution in [2.24, 2.45) is 0 Å². The topological polar surface area (TPSA) is 38.7 Å². The Labute approximate surface area is 99.6 Å². The zero-order valence-electron chi connectivity index (χ0n) is 9.17. The lowest BCUT2D eigenvalue weighted by Crippen LogP contribution is -1.84. The molecule has 0 aromatic heterocycles. The van der Waals surface area contributed by atoms with Gasteiger partial charge in [0.15, 0.2) is 0 Å². The second-order valence-corrected chi connectivity index (χ2v) is 3.35. The number of rotatable bonds is 4. The van der Waals surface area contributed by atoms with Crippen molar-refractivity contribution in [3.63, 3.8) is 0 Å². The summed E-state index contributed by atoms with van der Waals surface area (Å²) in [5.74, 6) is 2.29. The summed E-state index contributed by atoms with van der Waals surface area (Å²) in [6, 6.07) is 13.7. The van der Waals surface area contributed by atoms with Crippen molar-refractivity contribution in [2.75, 3.05) is 0 Å². The minimum atomic E-state index is 0.215. The van der Waals surface area contributed by atoms with Crippen LogP contribution in [-0.4, -0.2) is 5.11 Å². The van der Waals surface area contributed by atoms with E-state index in [2.05, 4.69) is 6.58 Å². The molecule has 0 aliphatic carbocycles. The minimum absolute atomic E-state index is 0.215. The number of aromatic hydroxyl groups is 1. The van der Waals surface area contributed by atoms with E-state index >= 15 is 0 Å². The molecular weight excluding hydrogens is 216 g/mol. The standard InChI is InChI=1S/C14H12O3/c1-2-16-12-7-9-14(10-8-12)17-13-5-3-11(15)4-6-13/h2-10,15H,1H2. The first-order valence-electron chi connectivity index (χ1n) is 5.12. The molecule has 0 amide bonds. The van der Waals surface area contributed by atoms with E-state index in [0.717, 1.165) is 0 Å². The first-order valence-corrected chi connectivity index (χ1v) is 5.12. The highest BCUT2D eigenvalue weighted by molar-refractivity contribution is 5.37. The number of phenols is 1. The molecule has 0 bridgehead atoms. The molecule has 0 radical (unpaired) electrons. The molecule has 0 aliphatic heterocycles. The molecule has 2 aromatic rings. The monoisotopic (exact) mass is 228 g/mol. The summed E-state index contributed by atoms with van der Waals surface area (Å²) in [5.41, 5.74) is 0. The van der Waals surface area contributed by atoms with Crippen molar-refractivity contribution in [3.8, 4) is 23.0 Å². The average molecular weight is 228 g/mol. The summed E-state index contributed by atoms with van der Waals surface area (Å²) in [5, 5.41) is 9.14. The number of phenolic OH excluding ortho intramolecular Hbond substituents is 1. The molecule has 1 N–H and O–H groups in total. The zero-order valence-corrected chi connectivity index (χ0v) is 9.17. The molecule has 0 fully saturated rings. The van der Waals surface area contributed by atoms with Crippen LogP contribution in [0.5, 0.6) is 23.0 Å². The van der Waals surface area contributed by atoms with Gasteiger partial charge in [-0.25, -0.2) is 0 Å². The van der Waals surface area contributed by atoms with E-state index in [4.69, 9.17) is 14.6 Å². The van der Waals surface area contributed by atoms with E-state index in [-0.39, 0.29) is 5.75 Å². The molecule has 3 nitrogen and oxygen atoms in total. The summed E-state index contributed by atoms with van der Waals surface area (Å²) in [4.78, 5) is 0. The first-order chi connectivity index (χ1) is 8.28. The van der Waals surface area contributed by atoms with Crippen LogP contribution in [0.4, 0.5) is 0 Å². The maximum Gasteiger partial charge on any atom is 0.127 e. The van der Waals surface area contributed by atoms with Gasteiger partial charge in [0.2, 0.25) is 0 Å². The van der Waals surface area contributed by atoms with Crippen molar-refractivity contribution in [1.29, 1.82) is 0 Å². The lowest BCUT2D eigenvalue weighted by Gasteiger charge is -2.06. The van der Waals surface area contributed by atoms with E-state index in [1.807, 2.05) is 0 Å². The quantitative estimate of drug-likeness (QED) is 0.811. The van der Waals surface area contributed by atoms with Gasteiger partial charge in [-0.05, 0) is 48.5 Å². The van der Waals surface area contributed by atoms with Crippen molar-refractivity contribution >= 4 is 0 Å². The van der Waals surface area contributed by atoms with Gasteiger partial charge in [0.05, 0.1) is 6.26 Å². The van der Waals surface area contributed by atoms with Gasteiger partial charge >= 0.3 is 0 Å². The summed E-state index contributed by atoms with van der Waals surface area (Å²) in [6.07, 6.45) is 1.37. The van der Waals surface area contributed by atoms with Crippen molar-refractivity contribution in [2.45, 2.75) is 0 Å². The van der Waals surface area contributed by atoms with Gasteiger partial charge < -0.3 is 14.6 Å². The Kier molecular flexibility index (Phi) is 3.31. The maximum atomic E-state index is 9.14. The molecule has 0 aliphatic rings. The third-order valence-electron chi connectivity index (χ3n) is 2.12. The lowest BCUT2D eigenvalue weighted by molar-refractivity contribution is 0.461. The maximum absolute atomic E-state index is 9.14. The van der Waals surface area contributed by atoms with Crippen molar-refractivity contribution in [1.82, 2.24) is 0 Å². The van der Waals surface area contributed by atoms with Gasteiger partial charge in [-0.2, -0.15) is 0 Å². The number of hydrogen-bond acceptors (Lipinski definition) is 3. The van der Waals surface area contributed by atoms with Crippen molar-refractivity contribution < 1.29 is 14.6 Å². The number of hydrogen-bond donors (Lipinski definition) is 1. The molecule has 3 heteroatoms. The highest BCUT2D eigenvalue weighted by Crippen LogP contribution is 2.25. The van der Waals surface area contributed by atoms with Crippen LogP contribution >= 0.6 is 0 Å². The molecule has 0 heterocycles. The van der Waals surface area contributed by atoms with Crippen LogP contribution < -0.4 is 9.47 Å². The minimum Gasteiger partial charge on any atom is -0.508 e. The van der Waals surface area contributed by atoms with Crippen LogP contribution in [-0.2, 0) is 0 Å². The fourth-order valence-electron chi connectivity index (χ4n) is 1.33. The highest BCUT2D eigenvalue weighted by atomic mass is 16.5. The molecule has 0 saturated carbocycles. The third kappa shape index (κ3) is 3.01. The molecule has 2 rings (SSSR count). The van der Waals surface area contributed by atoms with Crippen LogP contribution in [0.1, 0.15) is 0 Å². The molecule has 0 unspecified atom stereocenters. The van der Waals surface area contributed by atoms with Gasteiger partial charge in [-0.15, -0.1) is 0 Å². The van der Waals surface area contributed by atoms with E-state index in [9.17, 15) is 0 Å². The Morgan fingerprint density at radius 3 is 1.82 bits per heavy atom. The van der Waals surface area contributed by atoms with Gasteiger partial charge in [0.25, 0.3) is 0 Å². The van der Waals surface area contributed by atoms with Gasteiger partial charge in [-0.1, -0.05) is 6.58 Å². The van der Waals surface area contributed by atoms with Gasteiger partial charge in [0, 0.05) is 0 Å². The zero-order chi connectivity index (χ0) is 12.1. The van der Waals surface area contributed by atoms with E-state index < -0.39 is 0 Å². The highest BCUT2D eigenvalue weighted by Gasteiger charge is 1.98. The van der Waals surface area contributed by atoms with Gasteiger partial charge in [0.1, 0.15) is 23.0 Å². The summed E-state index contributed by atoms with van der Waals surface area (Å²) < 4.78 is 10.7. The number of ether oxygens (including phenoxy) is 2. The van der Waals surface area contributed by atoms with Gasteiger partial charge in [-0.3, -0.25) is 0 Å². The molecule has 0 spiro atoms. The van der Waals surface area contributed by atoms with E-state index in [1.165, 1.54) is 6.26 Å². The Morgan fingerprint density at radius 2 is 1.29 bits per heavy atom. The second-order valence-electron chi connectivity index (χ2n) is 3.35. The first kappa shape index (κ1) is 11.1. The van der Waals surface area contributed by atoms with Crippen LogP contribution in [0.3, 0.4) is 0 Å². The molecule has 0 saturated heterocycles. The smallest absolute Gasteiger partial charge is 0.127 e. The largest absolute Gasteiger partial charge is 0.508 e. The van der Waals surface area contributed by atoms with E-state index in [1.54, 1.807) is 48.5 Å². The van der Waals surface area contributed by atoms with Crippen molar-refractivity contribution in [3.05, 3.63) is 61.4 Å². The Balaban J connectivity index is 2.08. The Morgan fingerprint density at radius 1 is 0.824 bits per heavy atom. The third-order valence-corrected chi connectivity index (χ3v) is 2.12. The molecule has 0 atom stereocenters. The predicted octanol–water partition coefficient (Wildman–Crippen LogP) is 3.71. The SMILES string of the molecule is C=COc1ccc(Oc2ccc(O)cc2)cc1. The average Bonchev–Trinajstić information content (AvgIpc) is 2.35. The fraction of sp³-hybridized carbons (Fsp3) is 0. The molecular formula is C14H12O3. The van der Waals surface area contributed by atoms with Crippen LogP contribution in [0.25, 0.3) is 0 Å². The van der Waals surface area contributed by atoms with Crippen LogP contribution in [0.2, 0.25) is 0 Å². The van der Waals surface area contributed by atoms with E-state index in [0.29, 0.717) is 17.2 Å². The molecule has 86 valence electrons. The van der Waals surface area contributed by atoms with Crippen LogP contribution in [0, 0.1) is 0 Å². The summed E-state index contributed by atoms with van der Waals surface area (Å²) in [7, 11) is 0. The Bertz CT molecular complexity index is 486. The summed E-state index contributed by atoms with van der Waals surface area (Å²) >= 11 is 0. The second kappa shape index (κ2) is 5.07. The molecule has 2 aromatic carbocycles. The summed E-state index contributed by atoms with van der Waals surface area (Å²) in [6.45, 7) is 3.48.